The van der Waals surface area contributed by atoms with E-state index in [0.29, 0.717) is 11.4 Å². The van der Waals surface area contributed by atoms with E-state index < -0.39 is 0 Å². The fourth-order valence-corrected chi connectivity index (χ4v) is 0.925. The Morgan fingerprint density at radius 3 is 3.00 bits per heavy atom. The van der Waals surface area contributed by atoms with E-state index in [9.17, 15) is 0 Å². The highest BCUT2D eigenvalue weighted by Gasteiger charge is 1.99. The molecule has 2 heterocycles. The first-order valence-electron chi connectivity index (χ1n) is 3.61. The van der Waals surface area contributed by atoms with Crippen molar-refractivity contribution in [3.63, 3.8) is 0 Å². The third-order valence-electron chi connectivity index (χ3n) is 1.51. The van der Waals surface area contributed by atoms with E-state index in [1.807, 2.05) is 6.07 Å². The highest BCUT2D eigenvalue weighted by Crippen LogP contribution is 2.02. The monoisotopic (exact) mass is 171 g/mol. The molecule has 0 aliphatic carbocycles. The zero-order valence-corrected chi connectivity index (χ0v) is 6.62. The third kappa shape index (κ3) is 1.37. The lowest BCUT2D eigenvalue weighted by atomic mass is 10.4. The van der Waals surface area contributed by atoms with Crippen molar-refractivity contribution >= 4 is 0 Å². The van der Waals surface area contributed by atoms with Crippen LogP contribution in [0.3, 0.4) is 0 Å². The van der Waals surface area contributed by atoms with Crippen LogP contribution in [0.2, 0.25) is 0 Å². The van der Waals surface area contributed by atoms with E-state index in [0.717, 1.165) is 0 Å². The summed E-state index contributed by atoms with van der Waals surface area (Å²) in [6.45, 7) is 0. The molecule has 0 saturated carbocycles. The SMILES string of the molecule is N#Cc1cnn(-c2ccncn2)c1. The summed E-state index contributed by atoms with van der Waals surface area (Å²) >= 11 is 0. The van der Waals surface area contributed by atoms with Gasteiger partial charge in [-0.25, -0.2) is 14.6 Å². The van der Waals surface area contributed by atoms with Crippen LogP contribution in [0.25, 0.3) is 5.82 Å². The maximum atomic E-state index is 8.56. The molecule has 2 aromatic rings. The van der Waals surface area contributed by atoms with E-state index >= 15 is 0 Å². The molecule has 0 radical (unpaired) electrons. The average molecular weight is 171 g/mol. The van der Waals surface area contributed by atoms with Gasteiger partial charge in [0.1, 0.15) is 12.4 Å². The summed E-state index contributed by atoms with van der Waals surface area (Å²) in [5, 5.41) is 12.5. The molecule has 62 valence electrons. The largest absolute Gasteiger partial charge is 0.245 e. The van der Waals surface area contributed by atoms with Crippen LogP contribution >= 0.6 is 0 Å². The Bertz CT molecular complexity index is 439. The van der Waals surface area contributed by atoms with Crippen LogP contribution < -0.4 is 0 Å². The quantitative estimate of drug-likeness (QED) is 0.627. The Balaban J connectivity index is 2.43. The van der Waals surface area contributed by atoms with Crippen LogP contribution in [0.1, 0.15) is 5.56 Å². The highest BCUT2D eigenvalue weighted by atomic mass is 15.3. The minimum atomic E-state index is 0.513. The number of aromatic nitrogens is 4. The lowest BCUT2D eigenvalue weighted by Gasteiger charge is -1.95. The molecule has 0 aliphatic heterocycles. The first-order valence-corrected chi connectivity index (χ1v) is 3.61. The predicted octanol–water partition coefficient (Wildman–Crippen LogP) is 0.534. The van der Waals surface area contributed by atoms with E-state index in [4.69, 9.17) is 5.26 Å². The Hall–Kier alpha value is -2.22. The van der Waals surface area contributed by atoms with E-state index in [1.165, 1.54) is 17.2 Å². The molecule has 0 spiro atoms. The maximum Gasteiger partial charge on any atom is 0.156 e. The summed E-state index contributed by atoms with van der Waals surface area (Å²) in [5.41, 5.74) is 0.513. The summed E-state index contributed by atoms with van der Waals surface area (Å²) < 4.78 is 1.53. The van der Waals surface area contributed by atoms with Crippen LogP contribution in [0, 0.1) is 11.3 Å². The van der Waals surface area contributed by atoms with E-state index in [1.54, 1.807) is 18.5 Å². The molecule has 0 atom stereocenters. The van der Waals surface area contributed by atoms with Crippen LogP contribution in [0.5, 0.6) is 0 Å². The summed E-state index contributed by atoms with van der Waals surface area (Å²) in [6.07, 6.45) is 6.16. The second-order valence-electron chi connectivity index (χ2n) is 2.35. The van der Waals surface area contributed by atoms with Crippen molar-refractivity contribution in [3.05, 3.63) is 36.5 Å². The number of rotatable bonds is 1. The fraction of sp³-hybridized carbons (Fsp3) is 0. The maximum absolute atomic E-state index is 8.56. The van der Waals surface area contributed by atoms with Gasteiger partial charge in [-0.05, 0) is 0 Å². The zero-order chi connectivity index (χ0) is 9.10. The molecule has 5 nitrogen and oxygen atoms in total. The summed E-state index contributed by atoms with van der Waals surface area (Å²) in [6, 6.07) is 3.71. The van der Waals surface area contributed by atoms with Crippen LogP contribution in [-0.4, -0.2) is 19.7 Å². The van der Waals surface area contributed by atoms with Gasteiger partial charge in [0.15, 0.2) is 5.82 Å². The van der Waals surface area contributed by atoms with Crippen molar-refractivity contribution in [2.24, 2.45) is 0 Å². The number of nitrogens with zero attached hydrogens (tertiary/aromatic N) is 5. The number of nitriles is 1. The molecule has 0 N–H and O–H groups in total. The number of hydrogen-bond acceptors (Lipinski definition) is 4. The average Bonchev–Trinajstić information content (AvgIpc) is 2.67. The van der Waals surface area contributed by atoms with Gasteiger partial charge in [0.05, 0.1) is 18.0 Å². The van der Waals surface area contributed by atoms with Crippen molar-refractivity contribution in [1.82, 2.24) is 19.7 Å². The molecule has 5 heteroatoms. The number of hydrogen-bond donors (Lipinski definition) is 0. The molecule has 2 aromatic heterocycles. The highest BCUT2D eigenvalue weighted by molar-refractivity contribution is 5.27. The lowest BCUT2D eigenvalue weighted by Crippen LogP contribution is -1.96. The zero-order valence-electron chi connectivity index (χ0n) is 6.62. The smallest absolute Gasteiger partial charge is 0.156 e. The molecule has 0 bridgehead atoms. The summed E-state index contributed by atoms with van der Waals surface area (Å²) in [5.74, 6) is 0.650. The van der Waals surface area contributed by atoms with Gasteiger partial charge >= 0.3 is 0 Å². The van der Waals surface area contributed by atoms with Crippen LogP contribution in [-0.2, 0) is 0 Å². The molecular formula is C8H5N5. The topological polar surface area (TPSA) is 67.4 Å². The van der Waals surface area contributed by atoms with Crippen LogP contribution in [0.15, 0.2) is 31.0 Å². The minimum Gasteiger partial charge on any atom is -0.245 e. The van der Waals surface area contributed by atoms with Gasteiger partial charge < -0.3 is 0 Å². The molecule has 0 unspecified atom stereocenters. The minimum absolute atomic E-state index is 0.513. The first kappa shape index (κ1) is 7.43. The molecule has 0 aliphatic rings. The fourth-order valence-electron chi connectivity index (χ4n) is 0.925. The van der Waals surface area contributed by atoms with Crippen molar-refractivity contribution in [1.29, 1.82) is 5.26 Å². The standard InChI is InChI=1S/C8H5N5/c9-3-7-4-12-13(5-7)8-1-2-10-6-11-8/h1-2,4-6H. The van der Waals surface area contributed by atoms with Gasteiger partial charge in [-0.2, -0.15) is 10.4 Å². The Morgan fingerprint density at radius 2 is 2.38 bits per heavy atom. The second-order valence-corrected chi connectivity index (χ2v) is 2.35. The van der Waals surface area contributed by atoms with Crippen molar-refractivity contribution in [2.75, 3.05) is 0 Å². The molecule has 0 fully saturated rings. The van der Waals surface area contributed by atoms with Gasteiger partial charge in [-0.15, -0.1) is 0 Å². The predicted molar refractivity (Wildman–Crippen MR) is 43.9 cm³/mol. The van der Waals surface area contributed by atoms with Gasteiger partial charge in [-0.1, -0.05) is 0 Å². The first-order chi connectivity index (χ1) is 6.40. The Labute approximate surface area is 74.3 Å². The van der Waals surface area contributed by atoms with Gasteiger partial charge in [0.25, 0.3) is 0 Å². The van der Waals surface area contributed by atoms with Gasteiger partial charge in [-0.3, -0.25) is 0 Å². The normalized spacial score (nSPS) is 9.46. The van der Waals surface area contributed by atoms with Crippen LogP contribution in [0.4, 0.5) is 0 Å². The van der Waals surface area contributed by atoms with Crippen molar-refractivity contribution in [2.45, 2.75) is 0 Å². The van der Waals surface area contributed by atoms with Gasteiger partial charge in [0.2, 0.25) is 0 Å². The lowest BCUT2D eigenvalue weighted by molar-refractivity contribution is 0.839. The molecule has 0 saturated heterocycles. The molecule has 2 rings (SSSR count). The summed E-state index contributed by atoms with van der Waals surface area (Å²) in [4.78, 5) is 7.76. The molecule has 0 aromatic carbocycles. The second kappa shape index (κ2) is 3.03. The molecule has 13 heavy (non-hydrogen) atoms. The van der Waals surface area contributed by atoms with E-state index in [2.05, 4.69) is 15.1 Å². The summed E-state index contributed by atoms with van der Waals surface area (Å²) in [7, 11) is 0. The van der Waals surface area contributed by atoms with Gasteiger partial charge in [0, 0.05) is 12.3 Å². The Morgan fingerprint density at radius 1 is 1.46 bits per heavy atom. The van der Waals surface area contributed by atoms with E-state index in [-0.39, 0.29) is 0 Å². The molecular weight excluding hydrogens is 166 g/mol. The molecule has 0 amide bonds. The Kier molecular flexibility index (Phi) is 1.73. The van der Waals surface area contributed by atoms with Crippen molar-refractivity contribution < 1.29 is 0 Å². The van der Waals surface area contributed by atoms with Crippen molar-refractivity contribution in [3.8, 4) is 11.9 Å². The third-order valence-corrected chi connectivity index (χ3v) is 1.51.